The van der Waals surface area contributed by atoms with Gasteiger partial charge in [0.15, 0.2) is 0 Å². The normalized spacial score (nSPS) is 12.5. The quantitative estimate of drug-likeness (QED) is 0.570. The first-order valence-corrected chi connectivity index (χ1v) is 4.06. The molecule has 13 heavy (non-hydrogen) atoms. The fourth-order valence-corrected chi connectivity index (χ4v) is 1.05. The molecule has 1 aromatic rings. The van der Waals surface area contributed by atoms with Gasteiger partial charge in [-0.25, -0.2) is 0 Å². The lowest BCUT2D eigenvalue weighted by molar-refractivity contribution is -0.384. The van der Waals surface area contributed by atoms with Crippen molar-refractivity contribution in [3.8, 4) is 0 Å². The predicted octanol–water partition coefficient (Wildman–Crippen LogP) is 1.88. The minimum absolute atomic E-state index is 0.132. The van der Waals surface area contributed by atoms with Crippen molar-refractivity contribution in [2.24, 2.45) is 0 Å². The van der Waals surface area contributed by atoms with E-state index in [1.807, 2.05) is 14.0 Å². The average Bonchev–Trinajstić information content (AvgIpc) is 2.17. The lowest BCUT2D eigenvalue weighted by Crippen LogP contribution is -2.11. The summed E-state index contributed by atoms with van der Waals surface area (Å²) in [6.07, 6.45) is 0. The molecule has 0 saturated heterocycles. The highest BCUT2D eigenvalue weighted by Gasteiger charge is 2.06. The zero-order valence-electron chi connectivity index (χ0n) is 7.65. The second-order valence-corrected chi connectivity index (χ2v) is 2.86. The fraction of sp³-hybridized carbons (Fsp3) is 0.333. The second-order valence-electron chi connectivity index (χ2n) is 2.86. The lowest BCUT2D eigenvalue weighted by atomic mass is 10.1. The zero-order valence-corrected chi connectivity index (χ0v) is 7.65. The van der Waals surface area contributed by atoms with Gasteiger partial charge in [-0.3, -0.25) is 10.1 Å². The molecule has 0 aliphatic rings. The molecule has 0 unspecified atom stereocenters. The van der Waals surface area contributed by atoms with E-state index in [-0.39, 0.29) is 11.7 Å². The number of nitro benzene ring substituents is 1. The Kier molecular flexibility index (Phi) is 2.97. The third-order valence-corrected chi connectivity index (χ3v) is 2.04. The van der Waals surface area contributed by atoms with Gasteiger partial charge in [-0.05, 0) is 19.5 Å². The van der Waals surface area contributed by atoms with Crippen molar-refractivity contribution in [2.45, 2.75) is 13.0 Å². The van der Waals surface area contributed by atoms with Gasteiger partial charge in [-0.1, -0.05) is 12.1 Å². The van der Waals surface area contributed by atoms with E-state index in [1.54, 1.807) is 12.1 Å². The Morgan fingerprint density at radius 2 is 1.92 bits per heavy atom. The Hall–Kier alpha value is -1.42. The van der Waals surface area contributed by atoms with Gasteiger partial charge in [-0.2, -0.15) is 0 Å². The monoisotopic (exact) mass is 180 g/mol. The van der Waals surface area contributed by atoms with E-state index >= 15 is 0 Å². The summed E-state index contributed by atoms with van der Waals surface area (Å²) in [4.78, 5) is 9.95. The molecule has 0 aromatic heterocycles. The smallest absolute Gasteiger partial charge is 0.269 e. The Bertz CT molecular complexity index is 295. The third kappa shape index (κ3) is 2.26. The second kappa shape index (κ2) is 4.00. The number of nitrogens with zero attached hydrogens (tertiary/aromatic N) is 1. The van der Waals surface area contributed by atoms with Crippen LogP contribution in [0.4, 0.5) is 5.69 Å². The number of rotatable bonds is 3. The van der Waals surface area contributed by atoms with Crippen LogP contribution in [0.2, 0.25) is 0 Å². The summed E-state index contributed by atoms with van der Waals surface area (Å²) in [5.41, 5.74) is 1.18. The first kappa shape index (κ1) is 9.67. The number of hydrogen-bond acceptors (Lipinski definition) is 3. The van der Waals surface area contributed by atoms with Gasteiger partial charge in [0, 0.05) is 18.2 Å². The molecule has 0 heterocycles. The topological polar surface area (TPSA) is 55.2 Å². The highest BCUT2D eigenvalue weighted by atomic mass is 16.6. The van der Waals surface area contributed by atoms with Crippen LogP contribution < -0.4 is 5.32 Å². The van der Waals surface area contributed by atoms with Crippen LogP contribution in [0.1, 0.15) is 18.5 Å². The fourth-order valence-electron chi connectivity index (χ4n) is 1.05. The van der Waals surface area contributed by atoms with E-state index in [0.717, 1.165) is 5.56 Å². The maximum absolute atomic E-state index is 10.3. The molecular weight excluding hydrogens is 168 g/mol. The van der Waals surface area contributed by atoms with Crippen LogP contribution in [0.3, 0.4) is 0 Å². The van der Waals surface area contributed by atoms with Crippen molar-refractivity contribution in [1.29, 1.82) is 0 Å². The zero-order chi connectivity index (χ0) is 9.84. The lowest BCUT2D eigenvalue weighted by Gasteiger charge is -2.09. The van der Waals surface area contributed by atoms with Gasteiger partial charge in [0.1, 0.15) is 0 Å². The molecule has 1 atom stereocenters. The van der Waals surface area contributed by atoms with Crippen LogP contribution in [0, 0.1) is 10.1 Å². The molecule has 0 amide bonds. The molecule has 4 nitrogen and oxygen atoms in total. The van der Waals surface area contributed by atoms with Crippen LogP contribution >= 0.6 is 0 Å². The van der Waals surface area contributed by atoms with E-state index < -0.39 is 4.92 Å². The molecule has 0 bridgehead atoms. The molecule has 1 aromatic carbocycles. The van der Waals surface area contributed by atoms with Gasteiger partial charge >= 0.3 is 0 Å². The van der Waals surface area contributed by atoms with Gasteiger partial charge in [0.05, 0.1) is 4.92 Å². The third-order valence-electron chi connectivity index (χ3n) is 2.04. The van der Waals surface area contributed by atoms with Crippen LogP contribution in [0.5, 0.6) is 0 Å². The summed E-state index contributed by atoms with van der Waals surface area (Å²) in [6, 6.07) is 6.78. The number of benzene rings is 1. The molecule has 70 valence electrons. The van der Waals surface area contributed by atoms with Crippen molar-refractivity contribution in [3.63, 3.8) is 0 Å². The number of hydrogen-bond donors (Lipinski definition) is 1. The van der Waals surface area contributed by atoms with Gasteiger partial charge in [0.2, 0.25) is 0 Å². The van der Waals surface area contributed by atoms with E-state index in [2.05, 4.69) is 5.32 Å². The molecule has 4 heteroatoms. The Morgan fingerprint density at radius 3 is 2.31 bits per heavy atom. The van der Waals surface area contributed by atoms with Crippen molar-refractivity contribution < 1.29 is 4.92 Å². The summed E-state index contributed by atoms with van der Waals surface area (Å²) in [5, 5.41) is 13.4. The van der Waals surface area contributed by atoms with E-state index in [4.69, 9.17) is 0 Å². The Labute approximate surface area is 76.7 Å². The van der Waals surface area contributed by atoms with E-state index in [0.29, 0.717) is 0 Å². The molecule has 0 saturated carbocycles. The first-order valence-electron chi connectivity index (χ1n) is 4.06. The van der Waals surface area contributed by atoms with Gasteiger partial charge < -0.3 is 5.32 Å². The number of nitrogens with one attached hydrogen (secondary N) is 1. The SMILES string of the molecule is CN[C@@H](C)c1ccc([N+](=O)[O-])cc1. The first-order chi connectivity index (χ1) is 6.15. The summed E-state index contributed by atoms with van der Waals surface area (Å²) >= 11 is 0. The molecule has 0 aliphatic heterocycles. The highest BCUT2D eigenvalue weighted by Crippen LogP contribution is 2.16. The summed E-state index contributed by atoms with van der Waals surface area (Å²) in [7, 11) is 1.85. The maximum Gasteiger partial charge on any atom is 0.269 e. The number of nitro groups is 1. The van der Waals surface area contributed by atoms with E-state index in [1.165, 1.54) is 12.1 Å². The molecule has 0 aliphatic carbocycles. The maximum atomic E-state index is 10.3. The molecule has 1 N–H and O–H groups in total. The Morgan fingerprint density at radius 1 is 1.38 bits per heavy atom. The van der Waals surface area contributed by atoms with Crippen molar-refractivity contribution in [2.75, 3.05) is 7.05 Å². The van der Waals surface area contributed by atoms with Crippen molar-refractivity contribution >= 4 is 5.69 Å². The van der Waals surface area contributed by atoms with Gasteiger partial charge in [-0.15, -0.1) is 0 Å². The molecule has 0 radical (unpaired) electrons. The molecular formula is C9H12N2O2. The predicted molar refractivity (Wildman–Crippen MR) is 50.6 cm³/mol. The minimum atomic E-state index is -0.395. The van der Waals surface area contributed by atoms with E-state index in [9.17, 15) is 10.1 Å². The summed E-state index contributed by atoms with van der Waals surface area (Å²) < 4.78 is 0. The van der Waals surface area contributed by atoms with Crippen LogP contribution in [-0.4, -0.2) is 12.0 Å². The van der Waals surface area contributed by atoms with Crippen molar-refractivity contribution in [3.05, 3.63) is 39.9 Å². The minimum Gasteiger partial charge on any atom is -0.313 e. The summed E-state index contributed by atoms with van der Waals surface area (Å²) in [5.74, 6) is 0. The Balaban J connectivity index is 2.87. The standard InChI is InChI=1S/C9H12N2O2/c1-7(10-2)8-3-5-9(6-4-8)11(12)13/h3-7,10H,1-2H3/t7-/m0/s1. The highest BCUT2D eigenvalue weighted by molar-refractivity contribution is 5.33. The van der Waals surface area contributed by atoms with Crippen LogP contribution in [0.15, 0.2) is 24.3 Å². The van der Waals surface area contributed by atoms with Crippen LogP contribution in [0.25, 0.3) is 0 Å². The molecule has 1 rings (SSSR count). The molecule has 0 fully saturated rings. The summed E-state index contributed by atoms with van der Waals surface area (Å²) in [6.45, 7) is 2.00. The molecule has 0 spiro atoms. The van der Waals surface area contributed by atoms with Gasteiger partial charge in [0.25, 0.3) is 5.69 Å². The largest absolute Gasteiger partial charge is 0.313 e. The van der Waals surface area contributed by atoms with Crippen molar-refractivity contribution in [1.82, 2.24) is 5.32 Å². The van der Waals surface area contributed by atoms with Crippen LogP contribution in [-0.2, 0) is 0 Å². The average molecular weight is 180 g/mol. The number of non-ortho nitro benzene ring substituents is 1.